The molecule has 7 nitrogen and oxygen atoms in total. The van der Waals surface area contributed by atoms with Crippen LogP contribution in [0.5, 0.6) is 0 Å². The van der Waals surface area contributed by atoms with Crippen molar-refractivity contribution >= 4 is 28.1 Å². The fourth-order valence-electron chi connectivity index (χ4n) is 3.91. The van der Waals surface area contributed by atoms with Crippen molar-refractivity contribution in [3.05, 3.63) is 55.2 Å². The summed E-state index contributed by atoms with van der Waals surface area (Å²) >= 11 is 1.54. The van der Waals surface area contributed by atoms with Crippen LogP contribution in [0.25, 0.3) is 4.96 Å². The van der Waals surface area contributed by atoms with E-state index in [4.69, 9.17) is 4.74 Å². The van der Waals surface area contributed by atoms with E-state index in [2.05, 4.69) is 9.97 Å². The van der Waals surface area contributed by atoms with Crippen molar-refractivity contribution in [2.24, 2.45) is 0 Å². The Hall–Kier alpha value is -2.74. The molecule has 3 aromatic heterocycles. The average Bonchev–Trinajstić information content (AvgIpc) is 3.16. The monoisotopic (exact) mass is 399 g/mol. The molecule has 0 radical (unpaired) electrons. The molecule has 146 valence electrons. The van der Waals surface area contributed by atoms with Gasteiger partial charge in [0.1, 0.15) is 12.3 Å². The number of aromatic nitrogens is 3. The summed E-state index contributed by atoms with van der Waals surface area (Å²) < 4.78 is 7.04. The van der Waals surface area contributed by atoms with Gasteiger partial charge in [0.05, 0.1) is 5.69 Å². The zero-order valence-electron chi connectivity index (χ0n) is 16.0. The van der Waals surface area contributed by atoms with E-state index >= 15 is 0 Å². The molecule has 0 spiro atoms. The standard InChI is InChI=1S/C20H21N3O4S/c1-10-17(12(3)24)11(2)21-18(10)19(26)27-9-13-8-16(25)23-14-6-4-5-7-15(14)28-20(23)22-13/h8,21H,4-7,9H2,1-3H3. The number of rotatable bonds is 4. The molecule has 0 amide bonds. The van der Waals surface area contributed by atoms with Crippen LogP contribution in [0.15, 0.2) is 10.9 Å². The van der Waals surface area contributed by atoms with Gasteiger partial charge in [0, 0.05) is 27.9 Å². The van der Waals surface area contributed by atoms with E-state index in [9.17, 15) is 14.4 Å². The first-order valence-electron chi connectivity index (χ1n) is 9.27. The van der Waals surface area contributed by atoms with Crippen LogP contribution in [-0.4, -0.2) is 26.1 Å². The second kappa shape index (κ2) is 7.01. The van der Waals surface area contributed by atoms with Gasteiger partial charge in [-0.05, 0) is 52.0 Å². The summed E-state index contributed by atoms with van der Waals surface area (Å²) in [6, 6.07) is 1.43. The van der Waals surface area contributed by atoms with Gasteiger partial charge in [0.15, 0.2) is 10.7 Å². The number of ketones is 1. The number of thiazole rings is 1. The van der Waals surface area contributed by atoms with Crippen LogP contribution in [-0.2, 0) is 24.2 Å². The van der Waals surface area contributed by atoms with Crippen LogP contribution >= 0.6 is 11.3 Å². The van der Waals surface area contributed by atoms with Crippen molar-refractivity contribution in [3.8, 4) is 0 Å². The Labute approximate surface area is 165 Å². The van der Waals surface area contributed by atoms with Crippen LogP contribution in [0.2, 0.25) is 0 Å². The fraction of sp³-hybridized carbons (Fsp3) is 0.400. The summed E-state index contributed by atoms with van der Waals surface area (Å²) in [7, 11) is 0. The molecule has 8 heteroatoms. The molecule has 28 heavy (non-hydrogen) atoms. The molecule has 0 aromatic carbocycles. The van der Waals surface area contributed by atoms with Crippen molar-refractivity contribution in [1.82, 2.24) is 14.4 Å². The number of fused-ring (bicyclic) bond motifs is 3. The van der Waals surface area contributed by atoms with Gasteiger partial charge in [-0.25, -0.2) is 9.78 Å². The maximum Gasteiger partial charge on any atom is 0.355 e. The van der Waals surface area contributed by atoms with Crippen molar-refractivity contribution < 1.29 is 14.3 Å². The fourth-order valence-corrected chi connectivity index (χ4v) is 5.14. The summed E-state index contributed by atoms with van der Waals surface area (Å²) in [4.78, 5) is 46.1. The molecule has 0 aliphatic heterocycles. The highest BCUT2D eigenvalue weighted by atomic mass is 32.1. The molecule has 0 bridgehead atoms. The topological polar surface area (TPSA) is 93.5 Å². The van der Waals surface area contributed by atoms with Crippen LogP contribution in [0, 0.1) is 13.8 Å². The molecule has 4 rings (SSSR count). The highest BCUT2D eigenvalue weighted by molar-refractivity contribution is 7.17. The number of nitrogens with one attached hydrogen (secondary N) is 1. The third-order valence-corrected chi connectivity index (χ3v) is 6.30. The van der Waals surface area contributed by atoms with E-state index in [1.165, 1.54) is 29.2 Å². The average molecular weight is 399 g/mol. The number of H-pyrrole nitrogens is 1. The van der Waals surface area contributed by atoms with Crippen molar-refractivity contribution in [2.75, 3.05) is 0 Å². The molecule has 1 aliphatic rings. The minimum atomic E-state index is -0.569. The Balaban J connectivity index is 1.58. The van der Waals surface area contributed by atoms with E-state index in [1.807, 2.05) is 0 Å². The van der Waals surface area contributed by atoms with Crippen molar-refractivity contribution in [1.29, 1.82) is 0 Å². The summed E-state index contributed by atoms with van der Waals surface area (Å²) in [5.74, 6) is -0.673. The van der Waals surface area contributed by atoms with Gasteiger partial charge in [0.2, 0.25) is 0 Å². The molecule has 0 fully saturated rings. The van der Waals surface area contributed by atoms with Crippen LogP contribution in [0.3, 0.4) is 0 Å². The number of ether oxygens (including phenoxy) is 1. The number of carbonyl (C=O) groups is 2. The maximum atomic E-state index is 12.6. The van der Waals surface area contributed by atoms with Crippen LogP contribution < -0.4 is 5.56 Å². The molecule has 1 N–H and O–H groups in total. The number of Topliss-reactive ketones (excluding diaryl/α,β-unsaturated/α-hetero) is 1. The maximum absolute atomic E-state index is 12.6. The van der Waals surface area contributed by atoms with E-state index < -0.39 is 5.97 Å². The molecular weight excluding hydrogens is 378 g/mol. The number of hydrogen-bond donors (Lipinski definition) is 1. The smallest absolute Gasteiger partial charge is 0.355 e. The first-order chi connectivity index (χ1) is 13.4. The van der Waals surface area contributed by atoms with Gasteiger partial charge in [-0.1, -0.05) is 0 Å². The number of aryl methyl sites for hydroxylation is 3. The summed E-state index contributed by atoms with van der Waals surface area (Å²) in [6.45, 7) is 4.82. The molecule has 3 aromatic rings. The Kier molecular flexibility index (Phi) is 4.66. The molecule has 1 aliphatic carbocycles. The normalized spacial score (nSPS) is 13.5. The first-order valence-corrected chi connectivity index (χ1v) is 10.1. The van der Waals surface area contributed by atoms with E-state index in [1.54, 1.807) is 18.2 Å². The number of hydrogen-bond acceptors (Lipinski definition) is 6. The number of esters is 1. The predicted molar refractivity (Wildman–Crippen MR) is 105 cm³/mol. The molecule has 0 saturated carbocycles. The molecule has 0 atom stereocenters. The highest BCUT2D eigenvalue weighted by Crippen LogP contribution is 2.28. The Bertz CT molecular complexity index is 1170. The second-order valence-electron chi connectivity index (χ2n) is 7.14. The lowest BCUT2D eigenvalue weighted by Crippen LogP contribution is -2.18. The van der Waals surface area contributed by atoms with Gasteiger partial charge in [-0.15, -0.1) is 11.3 Å². The third-order valence-electron chi connectivity index (χ3n) is 5.16. The van der Waals surface area contributed by atoms with E-state index in [0.717, 1.165) is 31.4 Å². The first kappa shape index (κ1) is 18.6. The molecular formula is C20H21N3O4S. The van der Waals surface area contributed by atoms with Gasteiger partial charge < -0.3 is 9.72 Å². The summed E-state index contributed by atoms with van der Waals surface area (Å²) in [6.07, 6.45) is 4.10. The third kappa shape index (κ3) is 3.07. The number of carbonyl (C=O) groups excluding carboxylic acids is 2. The van der Waals surface area contributed by atoms with E-state index in [-0.39, 0.29) is 23.6 Å². The Morgan fingerprint density at radius 1 is 1.29 bits per heavy atom. The lowest BCUT2D eigenvalue weighted by Gasteiger charge is -2.10. The second-order valence-corrected chi connectivity index (χ2v) is 8.20. The summed E-state index contributed by atoms with van der Waals surface area (Å²) in [5, 5.41) is 0. The Morgan fingerprint density at radius 3 is 2.75 bits per heavy atom. The molecule has 0 saturated heterocycles. The zero-order valence-corrected chi connectivity index (χ0v) is 16.9. The van der Waals surface area contributed by atoms with Gasteiger partial charge in [-0.2, -0.15) is 0 Å². The lowest BCUT2D eigenvalue weighted by atomic mass is 10.0. The van der Waals surface area contributed by atoms with Crippen LogP contribution in [0.4, 0.5) is 0 Å². The van der Waals surface area contributed by atoms with Gasteiger partial charge in [0.25, 0.3) is 5.56 Å². The lowest BCUT2D eigenvalue weighted by molar-refractivity contribution is 0.0460. The zero-order chi connectivity index (χ0) is 20.0. The van der Waals surface area contributed by atoms with Gasteiger partial charge >= 0.3 is 5.97 Å². The largest absolute Gasteiger partial charge is 0.454 e. The minimum absolute atomic E-state index is 0.0972. The molecule has 3 heterocycles. The minimum Gasteiger partial charge on any atom is -0.454 e. The van der Waals surface area contributed by atoms with Crippen molar-refractivity contribution in [2.45, 2.75) is 53.1 Å². The Morgan fingerprint density at radius 2 is 2.04 bits per heavy atom. The highest BCUT2D eigenvalue weighted by Gasteiger charge is 2.22. The SMILES string of the molecule is CC(=O)c1c(C)[nH]c(C(=O)OCc2cc(=O)n3c4c(sc3n2)CCCC4)c1C. The predicted octanol–water partition coefficient (Wildman–Crippen LogP) is 3.14. The van der Waals surface area contributed by atoms with Crippen molar-refractivity contribution in [3.63, 3.8) is 0 Å². The number of aromatic amines is 1. The number of nitrogens with zero attached hydrogens (tertiary/aromatic N) is 2. The van der Waals surface area contributed by atoms with E-state index in [0.29, 0.717) is 27.5 Å². The quantitative estimate of drug-likeness (QED) is 0.537. The van der Waals surface area contributed by atoms with Crippen LogP contribution in [0.1, 0.15) is 68.1 Å². The summed E-state index contributed by atoms with van der Waals surface area (Å²) in [5.41, 5.74) is 3.33. The van der Waals surface area contributed by atoms with Gasteiger partial charge in [-0.3, -0.25) is 14.0 Å². The molecule has 0 unspecified atom stereocenters.